The number of hydrogen-bond acceptors (Lipinski definition) is 3. The number of rotatable bonds is 4. The molecule has 4 nitrogen and oxygen atoms in total. The molecule has 110 valence electrons. The highest BCUT2D eigenvalue weighted by Gasteiger charge is 2.18. The number of amides is 1. The average Bonchev–Trinajstić information content (AvgIpc) is 2.46. The Hall–Kier alpha value is -1.26. The molecule has 0 aromatic heterocycles. The predicted octanol–water partition coefficient (Wildman–Crippen LogP) is 2.78. The molecular weight excluding hydrogens is 278 g/mol. The summed E-state index contributed by atoms with van der Waals surface area (Å²) in [5.74, 6) is 0.506. The van der Waals surface area contributed by atoms with E-state index in [2.05, 4.69) is 0 Å². The van der Waals surface area contributed by atoms with Crippen LogP contribution < -0.4 is 4.74 Å². The van der Waals surface area contributed by atoms with E-state index < -0.39 is 6.10 Å². The van der Waals surface area contributed by atoms with E-state index >= 15 is 0 Å². The van der Waals surface area contributed by atoms with Crippen molar-refractivity contribution in [3.63, 3.8) is 0 Å². The third-order valence-corrected chi connectivity index (χ3v) is 3.72. The molecule has 1 aromatic carbocycles. The van der Waals surface area contributed by atoms with Crippen LogP contribution in [0.15, 0.2) is 18.2 Å². The van der Waals surface area contributed by atoms with Gasteiger partial charge < -0.3 is 14.7 Å². The number of ether oxygens (including phenoxy) is 1. The molecule has 1 fully saturated rings. The number of halogens is 1. The molecule has 5 heteroatoms. The number of likely N-dealkylation sites (tertiary alicyclic amines) is 1. The maximum Gasteiger partial charge on any atom is 0.260 e. The van der Waals surface area contributed by atoms with Crippen LogP contribution in [0, 0.1) is 0 Å². The van der Waals surface area contributed by atoms with Gasteiger partial charge in [-0.3, -0.25) is 4.79 Å². The van der Waals surface area contributed by atoms with Gasteiger partial charge in [0.05, 0.1) is 6.10 Å². The summed E-state index contributed by atoms with van der Waals surface area (Å²) >= 11 is 5.90. The second kappa shape index (κ2) is 6.95. The number of nitrogens with zero attached hydrogens (tertiary/aromatic N) is 1. The van der Waals surface area contributed by atoms with Gasteiger partial charge >= 0.3 is 0 Å². The lowest BCUT2D eigenvalue weighted by Gasteiger charge is -2.26. The van der Waals surface area contributed by atoms with Gasteiger partial charge in [-0.25, -0.2) is 0 Å². The summed E-state index contributed by atoms with van der Waals surface area (Å²) < 4.78 is 5.56. The van der Waals surface area contributed by atoms with E-state index in [9.17, 15) is 9.90 Å². The van der Waals surface area contributed by atoms with E-state index in [1.165, 1.54) is 6.42 Å². The highest BCUT2D eigenvalue weighted by Crippen LogP contribution is 2.28. The van der Waals surface area contributed by atoms with Crippen LogP contribution in [-0.4, -0.2) is 35.6 Å². The molecule has 1 heterocycles. The smallest absolute Gasteiger partial charge is 0.260 e. The molecule has 0 radical (unpaired) electrons. The summed E-state index contributed by atoms with van der Waals surface area (Å²) in [6.07, 6.45) is 2.62. The number of carbonyl (C=O) groups is 1. The second-order valence-electron chi connectivity index (χ2n) is 5.09. The van der Waals surface area contributed by atoms with Crippen molar-refractivity contribution in [1.82, 2.24) is 4.90 Å². The highest BCUT2D eigenvalue weighted by atomic mass is 35.5. The van der Waals surface area contributed by atoms with Gasteiger partial charge in [0.25, 0.3) is 5.91 Å². The highest BCUT2D eigenvalue weighted by molar-refractivity contribution is 6.30. The maximum atomic E-state index is 12.0. The Morgan fingerprint density at radius 1 is 1.40 bits per heavy atom. The van der Waals surface area contributed by atoms with Crippen molar-refractivity contribution in [1.29, 1.82) is 0 Å². The summed E-state index contributed by atoms with van der Waals surface area (Å²) in [6, 6.07) is 5.04. The Morgan fingerprint density at radius 3 is 2.75 bits per heavy atom. The topological polar surface area (TPSA) is 49.8 Å². The van der Waals surface area contributed by atoms with Crippen molar-refractivity contribution >= 4 is 17.5 Å². The fourth-order valence-electron chi connectivity index (χ4n) is 2.35. The summed E-state index contributed by atoms with van der Waals surface area (Å²) in [5.41, 5.74) is 0.601. The van der Waals surface area contributed by atoms with Gasteiger partial charge in [-0.1, -0.05) is 11.6 Å². The molecule has 1 N–H and O–H groups in total. The van der Waals surface area contributed by atoms with Crippen LogP contribution in [0.1, 0.15) is 37.9 Å². The molecule has 0 spiro atoms. The number of aliphatic hydroxyl groups excluding tert-OH is 1. The average molecular weight is 298 g/mol. The zero-order valence-corrected chi connectivity index (χ0v) is 12.4. The zero-order chi connectivity index (χ0) is 14.5. The minimum atomic E-state index is -0.686. The second-order valence-corrected chi connectivity index (χ2v) is 5.52. The Bertz CT molecular complexity index is 470. The normalized spacial score (nSPS) is 16.9. The number of carbonyl (C=O) groups excluding carboxylic acids is 1. The Balaban J connectivity index is 1.98. The van der Waals surface area contributed by atoms with E-state index in [1.54, 1.807) is 25.1 Å². The van der Waals surface area contributed by atoms with E-state index in [0.717, 1.165) is 25.9 Å². The molecule has 0 aliphatic carbocycles. The first-order valence-corrected chi connectivity index (χ1v) is 7.34. The van der Waals surface area contributed by atoms with Crippen LogP contribution in [0.2, 0.25) is 5.02 Å². The van der Waals surface area contributed by atoms with Gasteiger partial charge in [0.2, 0.25) is 0 Å². The monoisotopic (exact) mass is 297 g/mol. The zero-order valence-electron chi connectivity index (χ0n) is 11.6. The predicted molar refractivity (Wildman–Crippen MR) is 78.0 cm³/mol. The largest absolute Gasteiger partial charge is 0.483 e. The van der Waals surface area contributed by atoms with Gasteiger partial charge in [-0.15, -0.1) is 0 Å². The molecular formula is C15H20ClNO3. The minimum Gasteiger partial charge on any atom is -0.483 e. The minimum absolute atomic E-state index is 0.00134. The van der Waals surface area contributed by atoms with E-state index in [4.69, 9.17) is 16.3 Å². The van der Waals surface area contributed by atoms with E-state index in [1.807, 2.05) is 4.90 Å². The first kappa shape index (κ1) is 15.1. The molecule has 1 aliphatic heterocycles. The van der Waals surface area contributed by atoms with Gasteiger partial charge in [0.1, 0.15) is 5.75 Å². The number of piperidine rings is 1. The Kier molecular flexibility index (Phi) is 5.26. The van der Waals surface area contributed by atoms with Gasteiger partial charge in [-0.05, 0) is 44.4 Å². The SMILES string of the molecule is C[C@@H](O)c1cc(Cl)ccc1OCC(=O)N1CCCCC1. The summed E-state index contributed by atoms with van der Waals surface area (Å²) in [6.45, 7) is 3.27. The summed E-state index contributed by atoms with van der Waals surface area (Å²) in [5, 5.41) is 10.2. The third-order valence-electron chi connectivity index (χ3n) is 3.48. The lowest BCUT2D eigenvalue weighted by Crippen LogP contribution is -2.38. The van der Waals surface area contributed by atoms with Crippen molar-refractivity contribution in [2.45, 2.75) is 32.3 Å². The first-order valence-electron chi connectivity index (χ1n) is 6.96. The number of aliphatic hydroxyl groups is 1. The molecule has 1 atom stereocenters. The molecule has 1 amide bonds. The molecule has 0 unspecified atom stereocenters. The van der Waals surface area contributed by atoms with Crippen LogP contribution in [-0.2, 0) is 4.79 Å². The molecule has 1 aliphatic rings. The lowest BCUT2D eigenvalue weighted by molar-refractivity contribution is -0.134. The van der Waals surface area contributed by atoms with Gasteiger partial charge in [0, 0.05) is 23.7 Å². The number of hydrogen-bond donors (Lipinski definition) is 1. The Labute approximate surface area is 124 Å². The molecule has 1 aromatic rings. The van der Waals surface area contributed by atoms with Crippen LogP contribution >= 0.6 is 11.6 Å². The van der Waals surface area contributed by atoms with Crippen LogP contribution in [0.5, 0.6) is 5.75 Å². The molecule has 0 bridgehead atoms. The van der Waals surface area contributed by atoms with Gasteiger partial charge in [0.15, 0.2) is 6.61 Å². The van der Waals surface area contributed by atoms with Crippen molar-refractivity contribution in [2.75, 3.05) is 19.7 Å². The molecule has 1 saturated heterocycles. The first-order chi connectivity index (χ1) is 9.58. The van der Waals surface area contributed by atoms with Crippen molar-refractivity contribution in [3.05, 3.63) is 28.8 Å². The quantitative estimate of drug-likeness (QED) is 0.930. The molecule has 20 heavy (non-hydrogen) atoms. The standard InChI is InChI=1S/C15H20ClNO3/c1-11(18)13-9-12(16)5-6-14(13)20-10-15(19)17-7-3-2-4-8-17/h5-6,9,11,18H,2-4,7-8,10H2,1H3/t11-/m1/s1. The van der Waals surface area contributed by atoms with E-state index in [0.29, 0.717) is 16.3 Å². The lowest BCUT2D eigenvalue weighted by atomic mass is 10.1. The van der Waals surface area contributed by atoms with Crippen molar-refractivity contribution in [3.8, 4) is 5.75 Å². The maximum absolute atomic E-state index is 12.0. The fraction of sp³-hybridized carbons (Fsp3) is 0.533. The van der Waals surface area contributed by atoms with Crippen LogP contribution in [0.4, 0.5) is 0 Å². The Morgan fingerprint density at radius 2 is 2.10 bits per heavy atom. The third kappa shape index (κ3) is 3.87. The van der Waals surface area contributed by atoms with Crippen molar-refractivity contribution in [2.24, 2.45) is 0 Å². The summed E-state index contributed by atoms with van der Waals surface area (Å²) in [4.78, 5) is 13.9. The van der Waals surface area contributed by atoms with Crippen LogP contribution in [0.3, 0.4) is 0 Å². The van der Waals surface area contributed by atoms with E-state index in [-0.39, 0.29) is 12.5 Å². The van der Waals surface area contributed by atoms with Gasteiger partial charge in [-0.2, -0.15) is 0 Å². The summed E-state index contributed by atoms with van der Waals surface area (Å²) in [7, 11) is 0. The molecule has 2 rings (SSSR count). The van der Waals surface area contributed by atoms with Crippen molar-refractivity contribution < 1.29 is 14.6 Å². The van der Waals surface area contributed by atoms with Crippen LogP contribution in [0.25, 0.3) is 0 Å². The molecule has 0 saturated carbocycles. The fourth-order valence-corrected chi connectivity index (χ4v) is 2.53. The number of benzene rings is 1.